The predicted molar refractivity (Wildman–Crippen MR) is 128 cm³/mol. The van der Waals surface area contributed by atoms with E-state index in [2.05, 4.69) is 10.2 Å². The van der Waals surface area contributed by atoms with Crippen molar-refractivity contribution in [2.24, 2.45) is 10.9 Å². The lowest BCUT2D eigenvalue weighted by Crippen LogP contribution is -2.40. The predicted octanol–water partition coefficient (Wildman–Crippen LogP) is 3.57. The van der Waals surface area contributed by atoms with Crippen molar-refractivity contribution in [2.45, 2.75) is 19.4 Å². The lowest BCUT2D eigenvalue weighted by Gasteiger charge is -2.24. The molecule has 0 radical (unpaired) electrons. The maximum Gasteiger partial charge on any atom is 0.193 e. The number of rotatable bonds is 9. The van der Waals surface area contributed by atoms with Gasteiger partial charge in [-0.1, -0.05) is 0 Å². The van der Waals surface area contributed by atoms with Crippen LogP contribution in [0.3, 0.4) is 0 Å². The Hall–Kier alpha value is -1.94. The first-order valence-corrected chi connectivity index (χ1v) is 10.00. The number of furan rings is 1. The lowest BCUT2D eigenvalue weighted by molar-refractivity contribution is 0.187. The normalized spacial score (nSPS) is 16.1. The summed E-state index contributed by atoms with van der Waals surface area (Å²) in [7, 11) is 5.36. The van der Waals surface area contributed by atoms with Crippen LogP contribution in [0.2, 0.25) is 0 Å². The van der Waals surface area contributed by atoms with Crippen molar-refractivity contribution in [3.8, 4) is 11.5 Å². The summed E-state index contributed by atoms with van der Waals surface area (Å²) in [6.07, 6.45) is 3.57. The second-order valence-electron chi connectivity index (χ2n) is 7.18. The first kappa shape index (κ1) is 24.3. The van der Waals surface area contributed by atoms with Crippen LogP contribution in [0.15, 0.2) is 46.0 Å². The summed E-state index contributed by atoms with van der Waals surface area (Å²) < 4.78 is 21.8. The molecule has 1 saturated heterocycles. The highest BCUT2D eigenvalue weighted by atomic mass is 127. The number of halogens is 1. The van der Waals surface area contributed by atoms with Crippen LogP contribution in [0.25, 0.3) is 0 Å². The molecule has 1 aliphatic heterocycles. The van der Waals surface area contributed by atoms with Gasteiger partial charge in [0.2, 0.25) is 0 Å². The number of nitrogens with one attached hydrogen (secondary N) is 1. The van der Waals surface area contributed by atoms with Gasteiger partial charge in [-0.2, -0.15) is 0 Å². The average molecular weight is 529 g/mol. The molecular formula is C22H32IN3O4. The van der Waals surface area contributed by atoms with E-state index in [4.69, 9.17) is 23.6 Å². The number of hydrogen-bond donors (Lipinski definition) is 1. The highest BCUT2D eigenvalue weighted by molar-refractivity contribution is 14.0. The van der Waals surface area contributed by atoms with Crippen LogP contribution in [0.4, 0.5) is 0 Å². The van der Waals surface area contributed by atoms with Gasteiger partial charge in [0.1, 0.15) is 17.3 Å². The van der Waals surface area contributed by atoms with Crippen LogP contribution >= 0.6 is 24.0 Å². The van der Waals surface area contributed by atoms with Gasteiger partial charge in [0.25, 0.3) is 0 Å². The number of methoxy groups -OCH3 is 2. The zero-order chi connectivity index (χ0) is 20.5. The van der Waals surface area contributed by atoms with Crippen LogP contribution in [0.1, 0.15) is 17.7 Å². The third-order valence-electron chi connectivity index (χ3n) is 5.02. The Bertz CT molecular complexity index is 777. The molecule has 7 nitrogen and oxygen atoms in total. The lowest BCUT2D eigenvalue weighted by atomic mass is 10.1. The van der Waals surface area contributed by atoms with Gasteiger partial charge in [-0.15, -0.1) is 24.0 Å². The number of ether oxygens (including phenoxy) is 3. The van der Waals surface area contributed by atoms with E-state index in [0.29, 0.717) is 12.5 Å². The summed E-state index contributed by atoms with van der Waals surface area (Å²) in [5, 5.41) is 3.47. The van der Waals surface area contributed by atoms with Gasteiger partial charge in [0.05, 0.1) is 27.1 Å². The van der Waals surface area contributed by atoms with E-state index in [1.54, 1.807) is 20.5 Å². The molecule has 1 atom stereocenters. The fourth-order valence-electron chi connectivity index (χ4n) is 3.32. The molecule has 1 unspecified atom stereocenters. The Morgan fingerprint density at radius 1 is 1.27 bits per heavy atom. The topological polar surface area (TPSA) is 68.5 Å². The maximum absolute atomic E-state index is 5.54. The van der Waals surface area contributed by atoms with Crippen molar-refractivity contribution in [3.05, 3.63) is 47.9 Å². The van der Waals surface area contributed by atoms with Crippen LogP contribution in [-0.4, -0.2) is 58.4 Å². The fraction of sp³-hybridized carbons (Fsp3) is 0.500. The molecule has 1 fully saturated rings. The second kappa shape index (κ2) is 12.7. The van der Waals surface area contributed by atoms with E-state index in [9.17, 15) is 0 Å². The molecule has 2 aromatic rings. The van der Waals surface area contributed by atoms with Gasteiger partial charge in [0, 0.05) is 57.3 Å². The summed E-state index contributed by atoms with van der Waals surface area (Å²) >= 11 is 0. The summed E-state index contributed by atoms with van der Waals surface area (Å²) in [5.41, 5.74) is 1.07. The molecule has 1 aromatic carbocycles. The van der Waals surface area contributed by atoms with Crippen LogP contribution in [0.5, 0.6) is 11.5 Å². The highest BCUT2D eigenvalue weighted by Crippen LogP contribution is 2.25. The number of aliphatic imine (C=N–C) groups is 1. The van der Waals surface area contributed by atoms with Crippen molar-refractivity contribution >= 4 is 29.9 Å². The Morgan fingerprint density at radius 3 is 2.80 bits per heavy atom. The van der Waals surface area contributed by atoms with Crippen molar-refractivity contribution in [1.29, 1.82) is 0 Å². The molecule has 1 aromatic heterocycles. The quantitative estimate of drug-likeness (QED) is 0.305. The van der Waals surface area contributed by atoms with Crippen LogP contribution in [-0.2, 0) is 17.7 Å². The molecule has 2 heterocycles. The number of guanidine groups is 1. The number of benzene rings is 1. The molecule has 3 rings (SSSR count). The standard InChI is InChI=1S/C22H31N3O4.HI/c1-25(15-18-6-7-20(26-2)13-21(18)27-3)22(24-14-17-9-12-28-16-17)23-10-8-19-5-4-11-29-19;/h4-7,11,13,17H,8-10,12,14-16H2,1-3H3,(H,23,24);1H. The molecule has 8 heteroatoms. The fourth-order valence-corrected chi connectivity index (χ4v) is 3.32. The van der Waals surface area contributed by atoms with E-state index in [1.165, 1.54) is 0 Å². The zero-order valence-corrected chi connectivity index (χ0v) is 20.3. The second-order valence-corrected chi connectivity index (χ2v) is 7.18. The smallest absolute Gasteiger partial charge is 0.193 e. The van der Waals surface area contributed by atoms with Gasteiger partial charge >= 0.3 is 0 Å². The Balaban J connectivity index is 0.00000320. The summed E-state index contributed by atoms with van der Waals surface area (Å²) in [6, 6.07) is 9.77. The molecule has 0 amide bonds. The maximum atomic E-state index is 5.54. The zero-order valence-electron chi connectivity index (χ0n) is 17.9. The molecule has 166 valence electrons. The molecule has 0 aliphatic carbocycles. The Morgan fingerprint density at radius 2 is 2.13 bits per heavy atom. The molecule has 0 spiro atoms. The average Bonchev–Trinajstić information content (AvgIpc) is 3.44. The van der Waals surface area contributed by atoms with E-state index in [1.807, 2.05) is 37.4 Å². The first-order valence-electron chi connectivity index (χ1n) is 10.00. The molecule has 0 bridgehead atoms. The largest absolute Gasteiger partial charge is 0.497 e. The monoisotopic (exact) mass is 529 g/mol. The van der Waals surface area contributed by atoms with E-state index >= 15 is 0 Å². The summed E-state index contributed by atoms with van der Waals surface area (Å²) in [4.78, 5) is 6.98. The summed E-state index contributed by atoms with van der Waals surface area (Å²) in [6.45, 7) is 3.80. The van der Waals surface area contributed by atoms with Gasteiger partial charge in [-0.25, -0.2) is 0 Å². The highest BCUT2D eigenvalue weighted by Gasteiger charge is 2.17. The van der Waals surface area contributed by atoms with Crippen molar-refractivity contribution in [2.75, 3.05) is 47.6 Å². The molecule has 0 saturated carbocycles. The SMILES string of the molecule is COc1ccc(CN(C)C(=NCC2CCOC2)NCCc2ccco2)c(OC)c1.I. The van der Waals surface area contributed by atoms with Gasteiger partial charge in [-0.3, -0.25) is 4.99 Å². The van der Waals surface area contributed by atoms with Crippen molar-refractivity contribution in [1.82, 2.24) is 10.2 Å². The van der Waals surface area contributed by atoms with Crippen LogP contribution in [0, 0.1) is 5.92 Å². The van der Waals surface area contributed by atoms with Gasteiger partial charge < -0.3 is 28.8 Å². The molecule has 30 heavy (non-hydrogen) atoms. The van der Waals surface area contributed by atoms with Gasteiger partial charge in [0.15, 0.2) is 5.96 Å². The van der Waals surface area contributed by atoms with Gasteiger partial charge in [-0.05, 0) is 30.7 Å². The third-order valence-corrected chi connectivity index (χ3v) is 5.02. The minimum Gasteiger partial charge on any atom is -0.497 e. The first-order chi connectivity index (χ1) is 14.2. The number of nitrogens with zero attached hydrogens (tertiary/aromatic N) is 2. The molecular weight excluding hydrogens is 497 g/mol. The molecule has 1 aliphatic rings. The van der Waals surface area contributed by atoms with Crippen molar-refractivity contribution in [3.63, 3.8) is 0 Å². The van der Waals surface area contributed by atoms with Crippen LogP contribution < -0.4 is 14.8 Å². The minimum absolute atomic E-state index is 0. The minimum atomic E-state index is 0. The van der Waals surface area contributed by atoms with E-state index in [-0.39, 0.29) is 24.0 Å². The van der Waals surface area contributed by atoms with E-state index < -0.39 is 0 Å². The van der Waals surface area contributed by atoms with Crippen molar-refractivity contribution < 1.29 is 18.6 Å². The summed E-state index contributed by atoms with van der Waals surface area (Å²) in [5.74, 6) is 3.89. The Kier molecular flexibility index (Phi) is 10.3. The third kappa shape index (κ3) is 7.09. The molecule has 1 N–H and O–H groups in total. The van der Waals surface area contributed by atoms with E-state index in [0.717, 1.165) is 67.9 Å². The number of hydrogen-bond acceptors (Lipinski definition) is 5. The Labute approximate surface area is 195 Å².